The zero-order chi connectivity index (χ0) is 14.5. The van der Waals surface area contributed by atoms with Gasteiger partial charge in [-0.2, -0.15) is 0 Å². The first kappa shape index (κ1) is 15.5. The highest BCUT2D eigenvalue weighted by atomic mass is 19.1. The monoisotopic (exact) mass is 279 g/mol. The number of halogens is 1. The third-order valence-corrected chi connectivity index (χ3v) is 4.25. The zero-order valence-electron chi connectivity index (χ0n) is 12.1. The van der Waals surface area contributed by atoms with Crippen molar-refractivity contribution in [1.82, 2.24) is 4.90 Å². The molecule has 0 aromatic heterocycles. The van der Waals surface area contributed by atoms with Crippen molar-refractivity contribution in [2.75, 3.05) is 6.54 Å². The maximum absolute atomic E-state index is 14.0. The fraction of sp³-hybridized carbons (Fsp3) is 0.600. The standard InChI is InChI=1S/C15H23BFNO2/c1-2-18(14-6-4-3-5-7-14)11-12-8-9-13(16(19)20)10-15(12)17/h8-10,14,19-20H,2-7,11H2,1H3. The van der Waals surface area contributed by atoms with Crippen molar-refractivity contribution in [2.24, 2.45) is 0 Å². The molecule has 1 saturated carbocycles. The molecular weight excluding hydrogens is 256 g/mol. The molecule has 3 nitrogen and oxygen atoms in total. The molecule has 110 valence electrons. The van der Waals surface area contributed by atoms with E-state index in [0.29, 0.717) is 18.2 Å². The lowest BCUT2D eigenvalue weighted by atomic mass is 9.80. The van der Waals surface area contributed by atoms with Gasteiger partial charge < -0.3 is 10.0 Å². The van der Waals surface area contributed by atoms with Gasteiger partial charge in [-0.1, -0.05) is 38.3 Å². The summed E-state index contributed by atoms with van der Waals surface area (Å²) < 4.78 is 14.0. The summed E-state index contributed by atoms with van der Waals surface area (Å²) >= 11 is 0. The van der Waals surface area contributed by atoms with Gasteiger partial charge in [0.1, 0.15) is 5.82 Å². The van der Waals surface area contributed by atoms with E-state index in [0.717, 1.165) is 6.54 Å². The van der Waals surface area contributed by atoms with Gasteiger partial charge in [-0.05, 0) is 30.9 Å². The lowest BCUT2D eigenvalue weighted by Gasteiger charge is -2.33. The average molecular weight is 279 g/mol. The Labute approximate surface area is 120 Å². The highest BCUT2D eigenvalue weighted by Crippen LogP contribution is 2.24. The lowest BCUT2D eigenvalue weighted by molar-refractivity contribution is 0.154. The first-order chi connectivity index (χ1) is 9.61. The first-order valence-electron chi connectivity index (χ1n) is 7.50. The van der Waals surface area contributed by atoms with Crippen molar-refractivity contribution < 1.29 is 14.4 Å². The topological polar surface area (TPSA) is 43.7 Å². The summed E-state index contributed by atoms with van der Waals surface area (Å²) in [5.74, 6) is -0.357. The third-order valence-electron chi connectivity index (χ3n) is 4.25. The van der Waals surface area contributed by atoms with Crippen molar-refractivity contribution in [1.29, 1.82) is 0 Å². The molecule has 0 aliphatic heterocycles. The highest BCUT2D eigenvalue weighted by molar-refractivity contribution is 6.58. The van der Waals surface area contributed by atoms with E-state index in [4.69, 9.17) is 10.0 Å². The summed E-state index contributed by atoms with van der Waals surface area (Å²) in [7, 11) is -1.61. The van der Waals surface area contributed by atoms with Gasteiger partial charge >= 0.3 is 7.12 Å². The molecule has 1 aliphatic carbocycles. The predicted molar refractivity (Wildman–Crippen MR) is 79.2 cm³/mol. The third kappa shape index (κ3) is 3.81. The minimum absolute atomic E-state index is 0.201. The summed E-state index contributed by atoms with van der Waals surface area (Å²) in [6.07, 6.45) is 6.23. The molecule has 1 aliphatic rings. The van der Waals surface area contributed by atoms with Gasteiger partial charge in [-0.25, -0.2) is 4.39 Å². The van der Waals surface area contributed by atoms with Crippen LogP contribution in [0.4, 0.5) is 4.39 Å². The molecule has 0 bridgehead atoms. The van der Waals surface area contributed by atoms with Crippen LogP contribution in [0.15, 0.2) is 18.2 Å². The summed E-state index contributed by atoms with van der Waals surface area (Å²) in [5, 5.41) is 18.1. The summed E-state index contributed by atoms with van der Waals surface area (Å²) in [5.41, 5.74) is 0.828. The molecular formula is C15H23BFNO2. The Hall–Kier alpha value is -0.905. The molecule has 0 heterocycles. The molecule has 2 N–H and O–H groups in total. The van der Waals surface area contributed by atoms with Gasteiger partial charge in [-0.15, -0.1) is 0 Å². The number of rotatable bonds is 5. The lowest BCUT2D eigenvalue weighted by Crippen LogP contribution is -2.36. The van der Waals surface area contributed by atoms with Crippen molar-refractivity contribution in [3.63, 3.8) is 0 Å². The van der Waals surface area contributed by atoms with E-state index in [1.807, 2.05) is 0 Å². The molecule has 0 atom stereocenters. The Balaban J connectivity index is 2.07. The number of benzene rings is 1. The Morgan fingerprint density at radius 2 is 1.95 bits per heavy atom. The Morgan fingerprint density at radius 1 is 1.25 bits per heavy atom. The second-order valence-electron chi connectivity index (χ2n) is 5.58. The van der Waals surface area contributed by atoms with Gasteiger partial charge in [0.2, 0.25) is 0 Å². The van der Waals surface area contributed by atoms with Crippen LogP contribution in [0.2, 0.25) is 0 Å². The minimum atomic E-state index is -1.61. The van der Waals surface area contributed by atoms with Crippen molar-refractivity contribution in [3.05, 3.63) is 29.6 Å². The van der Waals surface area contributed by atoms with Crippen LogP contribution < -0.4 is 5.46 Å². The fourth-order valence-corrected chi connectivity index (χ4v) is 3.02. The van der Waals surface area contributed by atoms with Gasteiger partial charge in [0, 0.05) is 18.2 Å². The van der Waals surface area contributed by atoms with Crippen LogP contribution in [0.3, 0.4) is 0 Å². The predicted octanol–water partition coefficient (Wildman–Crippen LogP) is 1.66. The van der Waals surface area contributed by atoms with Crippen LogP contribution in [0, 0.1) is 5.82 Å². The van der Waals surface area contributed by atoms with Crippen LogP contribution in [-0.4, -0.2) is 34.7 Å². The smallest absolute Gasteiger partial charge is 0.423 e. The molecule has 5 heteroatoms. The molecule has 1 aromatic carbocycles. The van der Waals surface area contributed by atoms with E-state index in [9.17, 15) is 4.39 Å². The number of nitrogens with zero attached hydrogens (tertiary/aromatic N) is 1. The van der Waals surface area contributed by atoms with Crippen molar-refractivity contribution >= 4 is 12.6 Å². The Morgan fingerprint density at radius 3 is 2.50 bits per heavy atom. The minimum Gasteiger partial charge on any atom is -0.423 e. The summed E-state index contributed by atoms with van der Waals surface area (Å²) in [6, 6.07) is 5.01. The Kier molecular flexibility index (Phi) is 5.58. The molecule has 1 aromatic rings. The summed E-state index contributed by atoms with van der Waals surface area (Å²) in [4.78, 5) is 2.33. The van der Waals surface area contributed by atoms with Crippen LogP contribution in [0.1, 0.15) is 44.6 Å². The zero-order valence-corrected chi connectivity index (χ0v) is 12.1. The van der Waals surface area contributed by atoms with Gasteiger partial charge in [0.05, 0.1) is 0 Å². The molecule has 2 rings (SSSR count). The van der Waals surface area contributed by atoms with E-state index >= 15 is 0 Å². The molecule has 0 radical (unpaired) electrons. The molecule has 0 unspecified atom stereocenters. The molecule has 0 amide bonds. The van der Waals surface area contributed by atoms with Crippen molar-refractivity contribution in [3.8, 4) is 0 Å². The molecule has 1 fully saturated rings. The molecule has 20 heavy (non-hydrogen) atoms. The van der Waals surface area contributed by atoms with E-state index in [1.54, 1.807) is 12.1 Å². The number of hydrogen-bond donors (Lipinski definition) is 2. The second-order valence-corrected chi connectivity index (χ2v) is 5.58. The van der Waals surface area contributed by atoms with Gasteiger partial charge in [0.15, 0.2) is 0 Å². The first-order valence-corrected chi connectivity index (χ1v) is 7.50. The fourth-order valence-electron chi connectivity index (χ4n) is 3.02. The van der Waals surface area contributed by atoms with Crippen LogP contribution >= 0.6 is 0 Å². The van der Waals surface area contributed by atoms with Crippen molar-refractivity contribution in [2.45, 2.75) is 51.6 Å². The number of hydrogen-bond acceptors (Lipinski definition) is 3. The van der Waals surface area contributed by atoms with Crippen LogP contribution in [-0.2, 0) is 6.54 Å². The van der Waals surface area contributed by atoms with E-state index < -0.39 is 7.12 Å². The highest BCUT2D eigenvalue weighted by Gasteiger charge is 2.21. The Bertz CT molecular complexity index is 436. The maximum Gasteiger partial charge on any atom is 0.488 e. The quantitative estimate of drug-likeness (QED) is 0.806. The molecule has 0 saturated heterocycles. The SMILES string of the molecule is CCN(Cc1ccc(B(O)O)cc1F)C1CCCCC1. The van der Waals surface area contributed by atoms with Gasteiger partial charge in [-0.3, -0.25) is 4.90 Å². The largest absolute Gasteiger partial charge is 0.488 e. The second kappa shape index (κ2) is 7.20. The van der Waals surface area contributed by atoms with Crippen LogP contribution in [0.5, 0.6) is 0 Å². The summed E-state index contributed by atoms with van der Waals surface area (Å²) in [6.45, 7) is 3.61. The molecule has 0 spiro atoms. The van der Waals surface area contributed by atoms with E-state index in [1.165, 1.54) is 38.2 Å². The maximum atomic E-state index is 14.0. The van der Waals surface area contributed by atoms with E-state index in [2.05, 4.69) is 11.8 Å². The van der Waals surface area contributed by atoms with Crippen LogP contribution in [0.25, 0.3) is 0 Å². The average Bonchev–Trinajstić information content (AvgIpc) is 2.46. The normalized spacial score (nSPS) is 16.6. The van der Waals surface area contributed by atoms with Gasteiger partial charge in [0.25, 0.3) is 0 Å². The van der Waals surface area contributed by atoms with E-state index in [-0.39, 0.29) is 11.3 Å².